The third-order valence-corrected chi connectivity index (χ3v) is 5.29. The zero-order chi connectivity index (χ0) is 19.1. The van der Waals surface area contributed by atoms with Crippen LogP contribution in [0.1, 0.15) is 28.8 Å². The minimum Gasteiger partial charge on any atom is -0.387 e. The van der Waals surface area contributed by atoms with Gasteiger partial charge < -0.3 is 21.1 Å². The van der Waals surface area contributed by atoms with Crippen LogP contribution in [0.4, 0.5) is 5.00 Å². The summed E-state index contributed by atoms with van der Waals surface area (Å²) in [7, 11) is 0. The zero-order valence-corrected chi connectivity index (χ0v) is 15.5. The van der Waals surface area contributed by atoms with E-state index in [0.29, 0.717) is 38.2 Å². The van der Waals surface area contributed by atoms with E-state index in [2.05, 4.69) is 23.5 Å². The molecule has 2 amide bonds. The van der Waals surface area contributed by atoms with Gasteiger partial charge in [0.1, 0.15) is 6.61 Å². The highest BCUT2D eigenvalue weighted by Crippen LogP contribution is 2.37. The van der Waals surface area contributed by atoms with E-state index >= 15 is 0 Å². The number of aliphatic imine (C=N–C) groups is 1. The summed E-state index contributed by atoms with van der Waals surface area (Å²) in [5, 5.41) is 12.7. The Kier molecular flexibility index (Phi) is 7.26. The summed E-state index contributed by atoms with van der Waals surface area (Å²) in [4.78, 5) is 30.6. The Bertz CT molecular complexity index is 739. The Morgan fingerprint density at radius 2 is 2.19 bits per heavy atom. The summed E-state index contributed by atoms with van der Waals surface area (Å²) in [5.41, 5.74) is 8.53. The van der Waals surface area contributed by atoms with Gasteiger partial charge in [-0.25, -0.2) is 0 Å². The van der Waals surface area contributed by atoms with Gasteiger partial charge in [0, 0.05) is 41.9 Å². The molecule has 0 aromatic carbocycles. The van der Waals surface area contributed by atoms with Crippen molar-refractivity contribution in [2.45, 2.75) is 32.4 Å². The molecule has 1 aliphatic rings. The van der Waals surface area contributed by atoms with Crippen LogP contribution in [0.25, 0.3) is 0 Å². The maximum atomic E-state index is 12.2. The SMILES string of the molecule is C=CC=NC(=C)CCC(=O)Nc1sc2c(c1CN)CCN(C(=O)CO)C2. The van der Waals surface area contributed by atoms with Crippen LogP contribution >= 0.6 is 11.3 Å². The van der Waals surface area contributed by atoms with E-state index in [-0.39, 0.29) is 18.2 Å². The van der Waals surface area contributed by atoms with Crippen molar-refractivity contribution >= 4 is 34.4 Å². The van der Waals surface area contributed by atoms with Crippen LogP contribution in [-0.4, -0.2) is 41.2 Å². The number of anilines is 1. The lowest BCUT2D eigenvalue weighted by molar-refractivity contribution is -0.135. The first-order valence-electron chi connectivity index (χ1n) is 8.35. The standard InChI is InChI=1S/C18H24N4O3S/c1-3-7-20-12(2)4-5-16(24)21-18-14(9-19)13-6-8-22(17(25)11-23)10-15(13)26-18/h3,7,23H,1-2,4-6,8-11,19H2,(H,21,24). The van der Waals surface area contributed by atoms with Gasteiger partial charge in [0.25, 0.3) is 0 Å². The number of nitrogens with zero attached hydrogens (tertiary/aromatic N) is 2. The van der Waals surface area contributed by atoms with Crippen molar-refractivity contribution in [3.05, 3.63) is 40.9 Å². The van der Waals surface area contributed by atoms with E-state index in [1.165, 1.54) is 11.3 Å². The smallest absolute Gasteiger partial charge is 0.248 e. The van der Waals surface area contributed by atoms with E-state index in [1.807, 2.05) is 0 Å². The average Bonchev–Trinajstić information content (AvgIpc) is 2.99. The van der Waals surface area contributed by atoms with Gasteiger partial charge in [-0.15, -0.1) is 11.3 Å². The summed E-state index contributed by atoms with van der Waals surface area (Å²) in [6.07, 6.45) is 4.50. The minimum atomic E-state index is -0.494. The molecule has 0 unspecified atom stereocenters. The van der Waals surface area contributed by atoms with Gasteiger partial charge in [0.05, 0.1) is 11.5 Å². The van der Waals surface area contributed by atoms with Crippen LogP contribution in [-0.2, 0) is 29.1 Å². The molecule has 0 radical (unpaired) electrons. The largest absolute Gasteiger partial charge is 0.387 e. The number of nitrogens with two attached hydrogens (primary N) is 1. The second-order valence-corrected chi connectivity index (χ2v) is 6.97. The van der Waals surface area contributed by atoms with Gasteiger partial charge in [-0.05, 0) is 18.4 Å². The number of rotatable bonds is 8. The number of carbonyl (C=O) groups is 2. The summed E-state index contributed by atoms with van der Waals surface area (Å²) in [6, 6.07) is 0. The molecule has 8 heteroatoms. The van der Waals surface area contributed by atoms with Crippen molar-refractivity contribution in [2.75, 3.05) is 18.5 Å². The number of aliphatic hydroxyl groups is 1. The first-order valence-corrected chi connectivity index (χ1v) is 9.16. The number of allylic oxidation sites excluding steroid dienone is 2. The number of aliphatic hydroxyl groups excluding tert-OH is 1. The maximum Gasteiger partial charge on any atom is 0.248 e. The van der Waals surface area contributed by atoms with Crippen LogP contribution in [0.2, 0.25) is 0 Å². The minimum absolute atomic E-state index is 0.128. The number of thiophene rings is 1. The molecule has 0 saturated heterocycles. The molecule has 1 aliphatic heterocycles. The monoisotopic (exact) mass is 376 g/mol. The lowest BCUT2D eigenvalue weighted by Crippen LogP contribution is -2.37. The van der Waals surface area contributed by atoms with Crippen LogP contribution in [0.5, 0.6) is 0 Å². The van der Waals surface area contributed by atoms with Gasteiger partial charge in [0.2, 0.25) is 11.8 Å². The number of amides is 2. The van der Waals surface area contributed by atoms with Crippen molar-refractivity contribution in [2.24, 2.45) is 10.7 Å². The topological polar surface area (TPSA) is 108 Å². The van der Waals surface area contributed by atoms with Gasteiger partial charge >= 0.3 is 0 Å². The molecule has 0 atom stereocenters. The fourth-order valence-electron chi connectivity index (χ4n) is 2.77. The van der Waals surface area contributed by atoms with Crippen LogP contribution in [0.3, 0.4) is 0 Å². The van der Waals surface area contributed by atoms with Gasteiger partial charge in [-0.1, -0.05) is 19.2 Å². The number of hydrogen-bond donors (Lipinski definition) is 3. The van der Waals surface area contributed by atoms with Gasteiger partial charge in [-0.2, -0.15) is 0 Å². The molecule has 0 spiro atoms. The Morgan fingerprint density at radius 1 is 1.42 bits per heavy atom. The number of fused-ring (bicyclic) bond motifs is 1. The van der Waals surface area contributed by atoms with Gasteiger partial charge in [-0.3, -0.25) is 14.6 Å². The van der Waals surface area contributed by atoms with E-state index < -0.39 is 6.61 Å². The van der Waals surface area contributed by atoms with Crippen molar-refractivity contribution in [3.8, 4) is 0 Å². The molecule has 4 N–H and O–H groups in total. The normalized spacial score (nSPS) is 13.5. The molecule has 26 heavy (non-hydrogen) atoms. The predicted octanol–water partition coefficient (Wildman–Crippen LogP) is 1.57. The van der Waals surface area contributed by atoms with E-state index in [4.69, 9.17) is 10.8 Å². The molecule has 2 rings (SSSR count). The molecule has 2 heterocycles. The molecule has 140 valence electrons. The second kappa shape index (κ2) is 9.42. The number of hydrogen-bond acceptors (Lipinski definition) is 6. The lowest BCUT2D eigenvalue weighted by atomic mass is 10.0. The highest BCUT2D eigenvalue weighted by molar-refractivity contribution is 7.16. The molecule has 1 aromatic heterocycles. The van der Waals surface area contributed by atoms with Crippen LogP contribution in [0, 0.1) is 0 Å². The van der Waals surface area contributed by atoms with Crippen LogP contribution in [0.15, 0.2) is 29.9 Å². The van der Waals surface area contributed by atoms with Crippen molar-refractivity contribution < 1.29 is 14.7 Å². The third kappa shape index (κ3) is 4.87. The zero-order valence-electron chi connectivity index (χ0n) is 14.7. The molecular weight excluding hydrogens is 352 g/mol. The fraction of sp³-hybridized carbons (Fsp3) is 0.389. The Labute approximate surface area is 156 Å². The second-order valence-electron chi connectivity index (χ2n) is 5.87. The number of nitrogens with one attached hydrogen (secondary N) is 1. The van der Waals surface area contributed by atoms with Crippen molar-refractivity contribution in [3.63, 3.8) is 0 Å². The Hall–Kier alpha value is -2.29. The maximum absolute atomic E-state index is 12.2. The summed E-state index contributed by atoms with van der Waals surface area (Å²) < 4.78 is 0. The molecule has 0 saturated carbocycles. The van der Waals surface area contributed by atoms with Crippen molar-refractivity contribution in [1.82, 2.24) is 4.90 Å². The van der Waals surface area contributed by atoms with Crippen molar-refractivity contribution in [1.29, 1.82) is 0 Å². The van der Waals surface area contributed by atoms with Crippen LogP contribution < -0.4 is 11.1 Å². The number of carbonyl (C=O) groups excluding carboxylic acids is 2. The van der Waals surface area contributed by atoms with E-state index in [9.17, 15) is 9.59 Å². The Balaban J connectivity index is 2.04. The predicted molar refractivity (Wildman–Crippen MR) is 104 cm³/mol. The molecule has 7 nitrogen and oxygen atoms in total. The molecule has 0 fully saturated rings. The molecule has 0 bridgehead atoms. The first kappa shape index (κ1) is 20.0. The molecule has 1 aromatic rings. The lowest BCUT2D eigenvalue weighted by Gasteiger charge is -2.26. The Morgan fingerprint density at radius 3 is 2.85 bits per heavy atom. The summed E-state index contributed by atoms with van der Waals surface area (Å²) in [5.74, 6) is -0.418. The highest BCUT2D eigenvalue weighted by atomic mass is 32.1. The highest BCUT2D eigenvalue weighted by Gasteiger charge is 2.26. The summed E-state index contributed by atoms with van der Waals surface area (Å²) >= 11 is 1.44. The van der Waals surface area contributed by atoms with E-state index in [0.717, 1.165) is 21.0 Å². The summed E-state index contributed by atoms with van der Waals surface area (Å²) in [6.45, 7) is 8.14. The fourth-order valence-corrected chi connectivity index (χ4v) is 4.08. The third-order valence-electron chi connectivity index (χ3n) is 4.11. The molecular formula is C18H24N4O3S. The van der Waals surface area contributed by atoms with E-state index in [1.54, 1.807) is 17.2 Å². The average molecular weight is 376 g/mol. The quantitative estimate of drug-likeness (QED) is 0.599. The molecule has 0 aliphatic carbocycles. The first-order chi connectivity index (χ1) is 12.5. The van der Waals surface area contributed by atoms with Gasteiger partial charge in [0.15, 0.2) is 0 Å².